The number of fused-ring (bicyclic) bond motifs is 2. The van der Waals surface area contributed by atoms with E-state index >= 15 is 0 Å². The molecule has 0 aliphatic rings. The van der Waals surface area contributed by atoms with Crippen molar-refractivity contribution in [2.24, 2.45) is 0 Å². The third-order valence-electron chi connectivity index (χ3n) is 3.23. The molecule has 0 saturated carbocycles. The summed E-state index contributed by atoms with van der Waals surface area (Å²) >= 11 is 0. The summed E-state index contributed by atoms with van der Waals surface area (Å²) in [6.45, 7) is 0. The zero-order valence-electron chi connectivity index (χ0n) is 10.1. The first-order valence-electron chi connectivity index (χ1n) is 6.11. The van der Waals surface area contributed by atoms with Crippen LogP contribution in [-0.4, -0.2) is 15.0 Å². The number of nitrogens with one attached hydrogen (secondary N) is 1. The van der Waals surface area contributed by atoms with Crippen LogP contribution in [0.2, 0.25) is 0 Å². The molecule has 0 spiro atoms. The normalized spacial score (nSPS) is 11.2. The van der Waals surface area contributed by atoms with E-state index in [1.807, 2.05) is 48.5 Å². The molecule has 0 atom stereocenters. The van der Waals surface area contributed by atoms with Crippen molar-refractivity contribution in [2.45, 2.75) is 0 Å². The highest BCUT2D eigenvalue weighted by Gasteiger charge is 2.04. The second-order valence-electron chi connectivity index (χ2n) is 4.44. The van der Waals surface area contributed by atoms with Gasteiger partial charge in [-0.1, -0.05) is 24.3 Å². The maximum absolute atomic E-state index is 4.64. The molecule has 0 bridgehead atoms. The first-order valence-corrected chi connectivity index (χ1v) is 6.11. The molecule has 0 aliphatic carbocycles. The van der Waals surface area contributed by atoms with Crippen molar-refractivity contribution < 1.29 is 0 Å². The van der Waals surface area contributed by atoms with Crippen molar-refractivity contribution in [3.8, 4) is 11.3 Å². The van der Waals surface area contributed by atoms with Gasteiger partial charge in [0.25, 0.3) is 0 Å². The van der Waals surface area contributed by atoms with Crippen LogP contribution in [0.25, 0.3) is 33.2 Å². The molecule has 0 unspecified atom stereocenters. The molecule has 0 amide bonds. The molecule has 1 radical (unpaired) electrons. The standard InChI is InChI=1S/C16H10N3/c1-2-4-13-11(3-1)5-7-14(19-13)12-6-8-15-16(9-12)18-10-17-15/h1-6,8-10H,(H,17,18). The van der Waals surface area contributed by atoms with Gasteiger partial charge in [0.15, 0.2) is 0 Å². The minimum atomic E-state index is 0.851. The Morgan fingerprint density at radius 2 is 1.95 bits per heavy atom. The van der Waals surface area contributed by atoms with Gasteiger partial charge in [0.2, 0.25) is 0 Å². The first kappa shape index (κ1) is 10.3. The lowest BCUT2D eigenvalue weighted by molar-refractivity contribution is 1.34. The van der Waals surface area contributed by atoms with Crippen molar-refractivity contribution in [1.82, 2.24) is 15.0 Å². The predicted molar refractivity (Wildman–Crippen MR) is 75.7 cm³/mol. The Balaban J connectivity index is 1.92. The lowest BCUT2D eigenvalue weighted by atomic mass is 10.1. The minimum absolute atomic E-state index is 0.851. The zero-order chi connectivity index (χ0) is 12.7. The highest BCUT2D eigenvalue weighted by Crippen LogP contribution is 2.23. The summed E-state index contributed by atoms with van der Waals surface area (Å²) in [5.41, 5.74) is 4.85. The van der Waals surface area contributed by atoms with Gasteiger partial charge in [-0.2, -0.15) is 0 Å². The zero-order valence-corrected chi connectivity index (χ0v) is 10.1. The Morgan fingerprint density at radius 3 is 2.95 bits per heavy atom. The first-order chi connectivity index (χ1) is 9.40. The van der Waals surface area contributed by atoms with E-state index < -0.39 is 0 Å². The Morgan fingerprint density at radius 1 is 1.00 bits per heavy atom. The minimum Gasteiger partial charge on any atom is -0.345 e. The average molecular weight is 244 g/mol. The summed E-state index contributed by atoms with van der Waals surface area (Å²) in [6.07, 6.45) is 1.70. The summed E-state index contributed by atoms with van der Waals surface area (Å²) in [5, 5.41) is 1.10. The molecule has 4 rings (SSSR count). The number of rotatable bonds is 1. The van der Waals surface area contributed by atoms with E-state index in [1.54, 1.807) is 6.33 Å². The molecule has 2 heterocycles. The van der Waals surface area contributed by atoms with Crippen LogP contribution in [-0.2, 0) is 0 Å². The third kappa shape index (κ3) is 1.67. The van der Waals surface area contributed by atoms with Crippen LogP contribution in [0.4, 0.5) is 0 Å². The number of aromatic nitrogens is 3. The van der Waals surface area contributed by atoms with Gasteiger partial charge >= 0.3 is 0 Å². The van der Waals surface area contributed by atoms with Gasteiger partial charge in [0.1, 0.15) is 0 Å². The molecule has 2 aromatic carbocycles. The summed E-state index contributed by atoms with van der Waals surface area (Å²) < 4.78 is 0. The number of aromatic amines is 1. The van der Waals surface area contributed by atoms with E-state index in [0.29, 0.717) is 0 Å². The van der Waals surface area contributed by atoms with Gasteiger partial charge in [-0.05, 0) is 24.3 Å². The van der Waals surface area contributed by atoms with Crippen molar-refractivity contribution in [2.75, 3.05) is 0 Å². The van der Waals surface area contributed by atoms with Crippen molar-refractivity contribution in [1.29, 1.82) is 0 Å². The van der Waals surface area contributed by atoms with Gasteiger partial charge in [-0.25, -0.2) is 9.97 Å². The van der Waals surface area contributed by atoms with Gasteiger partial charge in [0.05, 0.1) is 28.6 Å². The topological polar surface area (TPSA) is 41.6 Å². The van der Waals surface area contributed by atoms with Crippen LogP contribution in [0, 0.1) is 6.07 Å². The number of pyridine rings is 1. The predicted octanol–water partition coefficient (Wildman–Crippen LogP) is 3.58. The maximum atomic E-state index is 4.64. The third-order valence-corrected chi connectivity index (χ3v) is 3.23. The highest BCUT2D eigenvalue weighted by molar-refractivity contribution is 5.84. The van der Waals surface area contributed by atoms with E-state index in [0.717, 1.165) is 33.2 Å². The van der Waals surface area contributed by atoms with E-state index in [1.165, 1.54) is 0 Å². The Kier molecular flexibility index (Phi) is 2.12. The molecule has 89 valence electrons. The van der Waals surface area contributed by atoms with E-state index in [9.17, 15) is 0 Å². The number of imidazole rings is 1. The number of H-pyrrole nitrogens is 1. The second kappa shape index (κ2) is 3.92. The largest absolute Gasteiger partial charge is 0.345 e. The van der Waals surface area contributed by atoms with E-state index in [2.05, 4.69) is 21.0 Å². The summed E-state index contributed by atoms with van der Waals surface area (Å²) in [4.78, 5) is 12.0. The number of hydrogen-bond acceptors (Lipinski definition) is 2. The molecule has 0 fully saturated rings. The Hall–Kier alpha value is -2.68. The monoisotopic (exact) mass is 244 g/mol. The fourth-order valence-electron chi connectivity index (χ4n) is 2.24. The van der Waals surface area contributed by atoms with Crippen molar-refractivity contribution >= 4 is 21.9 Å². The highest BCUT2D eigenvalue weighted by atomic mass is 14.9. The molecule has 19 heavy (non-hydrogen) atoms. The van der Waals surface area contributed by atoms with Crippen LogP contribution in [0.3, 0.4) is 0 Å². The lowest BCUT2D eigenvalue weighted by Gasteiger charge is -2.02. The van der Waals surface area contributed by atoms with Crippen LogP contribution in [0.1, 0.15) is 0 Å². The Bertz CT molecular complexity index is 877. The van der Waals surface area contributed by atoms with Crippen molar-refractivity contribution in [3.63, 3.8) is 0 Å². The van der Waals surface area contributed by atoms with Crippen LogP contribution in [0.5, 0.6) is 0 Å². The SMILES string of the molecule is [c]1cc2ccccc2nc1-c1ccc2[nH]cnc2c1. The Labute approximate surface area is 110 Å². The second-order valence-corrected chi connectivity index (χ2v) is 4.44. The molecular weight excluding hydrogens is 234 g/mol. The number of para-hydroxylation sites is 1. The van der Waals surface area contributed by atoms with Gasteiger partial charge in [0, 0.05) is 17.0 Å². The average Bonchev–Trinajstić information content (AvgIpc) is 2.94. The van der Waals surface area contributed by atoms with Gasteiger partial charge in [-0.3, -0.25) is 0 Å². The molecule has 1 N–H and O–H groups in total. The van der Waals surface area contributed by atoms with Crippen LogP contribution >= 0.6 is 0 Å². The fraction of sp³-hybridized carbons (Fsp3) is 0. The summed E-state index contributed by atoms with van der Waals surface area (Å²) in [5.74, 6) is 0. The van der Waals surface area contributed by atoms with Crippen LogP contribution in [0.15, 0.2) is 54.9 Å². The molecule has 4 aromatic rings. The van der Waals surface area contributed by atoms with E-state index in [4.69, 9.17) is 0 Å². The van der Waals surface area contributed by atoms with Gasteiger partial charge < -0.3 is 4.98 Å². The lowest BCUT2D eigenvalue weighted by Crippen LogP contribution is -1.85. The van der Waals surface area contributed by atoms with E-state index in [-0.39, 0.29) is 0 Å². The molecule has 0 saturated heterocycles. The summed E-state index contributed by atoms with van der Waals surface area (Å²) in [7, 11) is 0. The quantitative estimate of drug-likeness (QED) is 0.556. The number of nitrogens with zero attached hydrogens (tertiary/aromatic N) is 2. The molecule has 0 aliphatic heterocycles. The van der Waals surface area contributed by atoms with Crippen molar-refractivity contribution in [3.05, 3.63) is 60.9 Å². The smallest absolute Gasteiger partial charge is 0.0931 e. The summed E-state index contributed by atoms with van der Waals surface area (Å²) in [6, 6.07) is 19.4. The fourth-order valence-corrected chi connectivity index (χ4v) is 2.24. The number of hydrogen-bond donors (Lipinski definition) is 1. The maximum Gasteiger partial charge on any atom is 0.0931 e. The van der Waals surface area contributed by atoms with Crippen LogP contribution < -0.4 is 0 Å². The molecule has 3 nitrogen and oxygen atoms in total. The molecule has 2 aromatic heterocycles. The number of benzene rings is 2. The molecule has 3 heteroatoms. The van der Waals surface area contributed by atoms with Gasteiger partial charge in [-0.15, -0.1) is 0 Å². The molecular formula is C16H10N3.